The fourth-order valence-electron chi connectivity index (χ4n) is 5.10. The van der Waals surface area contributed by atoms with E-state index in [-0.39, 0.29) is 18.6 Å². The van der Waals surface area contributed by atoms with Crippen LogP contribution >= 0.6 is 0 Å². The third kappa shape index (κ3) is 12.0. The lowest BCUT2D eigenvalue weighted by molar-refractivity contribution is -0.159. The van der Waals surface area contributed by atoms with Gasteiger partial charge < -0.3 is 30.1 Å². The smallest absolute Gasteiger partial charge is 0.408 e. The zero-order valence-electron chi connectivity index (χ0n) is 29.2. The predicted octanol–water partition coefficient (Wildman–Crippen LogP) is 5.30. The largest absolute Gasteiger partial charge is 0.508 e. The molecule has 3 aromatic carbocycles. The molecule has 49 heavy (non-hydrogen) atoms. The predicted molar refractivity (Wildman–Crippen MR) is 184 cm³/mol. The van der Waals surface area contributed by atoms with Gasteiger partial charge in [-0.1, -0.05) is 66.7 Å². The summed E-state index contributed by atoms with van der Waals surface area (Å²) in [7, 11) is 0. The molecular weight excluding hydrogens is 624 g/mol. The number of hydrogen-bond acceptors (Lipinski definition) is 8. The van der Waals surface area contributed by atoms with Crippen molar-refractivity contribution >= 4 is 23.9 Å². The van der Waals surface area contributed by atoms with E-state index in [9.17, 15) is 29.5 Å². The minimum Gasteiger partial charge on any atom is -0.508 e. The number of carbonyl (C=O) groups is 4. The Bertz CT molecular complexity index is 1640. The molecule has 3 amide bonds. The average molecular weight is 671 g/mol. The highest BCUT2D eigenvalue weighted by Crippen LogP contribution is 2.27. The SMILES string of the molecule is Cc1ccccc1C(C(=O)NC(Cc1ccccc1)C(=O)OC(C)(C)C)N(CC#N)C(=O)C(Cc1ccc(O)cc1)NC(=O)OC(C)(C)C. The van der Waals surface area contributed by atoms with Crippen LogP contribution in [0.3, 0.4) is 0 Å². The number of ether oxygens (including phenoxy) is 2. The fraction of sp³-hybridized carbons (Fsp3) is 0.395. The summed E-state index contributed by atoms with van der Waals surface area (Å²) in [5.74, 6) is -2.10. The van der Waals surface area contributed by atoms with E-state index < -0.39 is 59.7 Å². The van der Waals surface area contributed by atoms with Crippen LogP contribution in [0.5, 0.6) is 5.75 Å². The number of hydrogen-bond donors (Lipinski definition) is 3. The van der Waals surface area contributed by atoms with E-state index in [1.807, 2.05) is 36.4 Å². The van der Waals surface area contributed by atoms with Gasteiger partial charge in [0.1, 0.15) is 41.6 Å². The number of phenols is 1. The van der Waals surface area contributed by atoms with Crippen molar-refractivity contribution < 1.29 is 33.8 Å². The van der Waals surface area contributed by atoms with Crippen LogP contribution in [-0.4, -0.2) is 63.7 Å². The number of aryl methyl sites for hydroxylation is 1. The zero-order valence-corrected chi connectivity index (χ0v) is 29.2. The second kappa shape index (κ2) is 16.6. The van der Waals surface area contributed by atoms with Gasteiger partial charge >= 0.3 is 12.1 Å². The van der Waals surface area contributed by atoms with Crippen LogP contribution in [0, 0.1) is 18.3 Å². The van der Waals surface area contributed by atoms with Gasteiger partial charge in [0.05, 0.1) is 6.07 Å². The number of aromatic hydroxyl groups is 1. The van der Waals surface area contributed by atoms with E-state index in [0.717, 1.165) is 10.5 Å². The Balaban J connectivity index is 2.09. The summed E-state index contributed by atoms with van der Waals surface area (Å²) in [6, 6.07) is 20.4. The molecule has 0 aliphatic carbocycles. The molecule has 0 radical (unpaired) electrons. The van der Waals surface area contributed by atoms with Crippen LogP contribution in [-0.2, 0) is 36.7 Å². The van der Waals surface area contributed by atoms with Crippen LogP contribution in [0.4, 0.5) is 4.79 Å². The molecule has 0 aromatic heterocycles. The molecule has 0 fully saturated rings. The second-order valence-corrected chi connectivity index (χ2v) is 13.7. The van der Waals surface area contributed by atoms with Crippen LogP contribution < -0.4 is 10.6 Å². The highest BCUT2D eigenvalue weighted by molar-refractivity contribution is 5.94. The quantitative estimate of drug-likeness (QED) is 0.173. The first-order valence-corrected chi connectivity index (χ1v) is 16.0. The number of rotatable bonds is 12. The monoisotopic (exact) mass is 670 g/mol. The van der Waals surface area contributed by atoms with Gasteiger partial charge in [0.15, 0.2) is 0 Å². The fourth-order valence-corrected chi connectivity index (χ4v) is 5.10. The summed E-state index contributed by atoms with van der Waals surface area (Å²) in [6.45, 7) is 11.5. The normalized spacial score (nSPS) is 13.2. The topological polar surface area (TPSA) is 158 Å². The number of nitrogens with zero attached hydrogens (tertiary/aromatic N) is 2. The van der Waals surface area contributed by atoms with Gasteiger partial charge in [-0.3, -0.25) is 9.59 Å². The van der Waals surface area contributed by atoms with Crippen molar-refractivity contribution in [1.82, 2.24) is 15.5 Å². The van der Waals surface area contributed by atoms with Crippen LogP contribution in [0.15, 0.2) is 78.9 Å². The summed E-state index contributed by atoms with van der Waals surface area (Å²) in [4.78, 5) is 56.5. The van der Waals surface area contributed by atoms with E-state index in [4.69, 9.17) is 9.47 Å². The Labute approximate surface area is 288 Å². The first kappa shape index (κ1) is 38.1. The summed E-state index contributed by atoms with van der Waals surface area (Å²) in [5.41, 5.74) is 0.725. The molecule has 3 atom stereocenters. The third-order valence-corrected chi connectivity index (χ3v) is 7.22. The van der Waals surface area contributed by atoms with Crippen molar-refractivity contribution in [3.05, 3.63) is 101 Å². The highest BCUT2D eigenvalue weighted by atomic mass is 16.6. The van der Waals surface area contributed by atoms with Crippen molar-refractivity contribution in [2.45, 2.75) is 90.6 Å². The molecule has 260 valence electrons. The third-order valence-electron chi connectivity index (χ3n) is 7.22. The first-order valence-electron chi connectivity index (χ1n) is 16.0. The molecule has 3 N–H and O–H groups in total. The molecule has 0 saturated carbocycles. The number of benzene rings is 3. The van der Waals surface area contributed by atoms with E-state index in [0.29, 0.717) is 16.7 Å². The Hall–Kier alpha value is -5.37. The minimum atomic E-state index is -1.38. The van der Waals surface area contributed by atoms with Crippen molar-refractivity contribution in [2.24, 2.45) is 0 Å². The van der Waals surface area contributed by atoms with Gasteiger partial charge in [0.2, 0.25) is 11.8 Å². The molecule has 0 saturated heterocycles. The van der Waals surface area contributed by atoms with Crippen molar-refractivity contribution in [1.29, 1.82) is 5.26 Å². The number of carbonyl (C=O) groups excluding carboxylic acids is 4. The molecule has 11 heteroatoms. The molecule has 0 spiro atoms. The van der Waals surface area contributed by atoms with Gasteiger partial charge in [0.25, 0.3) is 0 Å². The zero-order chi connectivity index (χ0) is 36.4. The molecule has 0 aliphatic rings. The number of nitrogens with one attached hydrogen (secondary N) is 2. The molecule has 0 heterocycles. The van der Waals surface area contributed by atoms with Gasteiger partial charge in [-0.05, 0) is 82.9 Å². The standard InChI is InChI=1S/C38H46N4O7/c1-25-13-11-12-16-29(25)32(33(44)40-31(35(46)48-37(2,3)4)24-26-14-9-8-10-15-26)42(22-21-39)34(45)30(41-36(47)49-38(5,6)7)23-27-17-19-28(43)20-18-27/h8-20,30-32,43H,22-24H2,1-7H3,(H,40,44)(H,41,47). The van der Waals surface area contributed by atoms with Gasteiger partial charge in [-0.2, -0.15) is 5.26 Å². The second-order valence-electron chi connectivity index (χ2n) is 13.7. The Kier molecular flexibility index (Phi) is 12.9. The molecule has 0 bridgehead atoms. The summed E-state index contributed by atoms with van der Waals surface area (Å²) >= 11 is 0. The lowest BCUT2D eigenvalue weighted by Crippen LogP contribution is -2.55. The van der Waals surface area contributed by atoms with Gasteiger partial charge in [-0.25, -0.2) is 9.59 Å². The molecule has 11 nitrogen and oxygen atoms in total. The first-order chi connectivity index (χ1) is 23.0. The number of nitriles is 1. The molecule has 3 aromatic rings. The highest BCUT2D eigenvalue weighted by Gasteiger charge is 2.39. The minimum absolute atomic E-state index is 0.0177. The lowest BCUT2D eigenvalue weighted by Gasteiger charge is -2.34. The van der Waals surface area contributed by atoms with E-state index in [2.05, 4.69) is 10.6 Å². The van der Waals surface area contributed by atoms with Crippen molar-refractivity contribution in [3.63, 3.8) is 0 Å². The molecular formula is C38H46N4O7. The Morgan fingerprint density at radius 1 is 0.776 bits per heavy atom. The van der Waals surface area contributed by atoms with Crippen LogP contribution in [0.1, 0.15) is 69.8 Å². The van der Waals surface area contributed by atoms with E-state index in [1.165, 1.54) is 12.1 Å². The van der Waals surface area contributed by atoms with Crippen molar-refractivity contribution in [3.8, 4) is 11.8 Å². The number of alkyl carbamates (subject to hydrolysis) is 1. The summed E-state index contributed by atoms with van der Waals surface area (Å²) in [6.07, 6.45) is -0.805. The molecule has 0 aliphatic heterocycles. The van der Waals surface area contributed by atoms with Gasteiger partial charge in [0, 0.05) is 12.8 Å². The lowest BCUT2D eigenvalue weighted by atomic mass is 9.96. The van der Waals surface area contributed by atoms with E-state index >= 15 is 0 Å². The van der Waals surface area contributed by atoms with Gasteiger partial charge in [-0.15, -0.1) is 0 Å². The maximum absolute atomic E-state index is 14.5. The number of amides is 3. The van der Waals surface area contributed by atoms with Crippen LogP contribution in [0.2, 0.25) is 0 Å². The molecule has 3 rings (SSSR count). The Morgan fingerprint density at radius 3 is 1.90 bits per heavy atom. The number of esters is 1. The van der Waals surface area contributed by atoms with Crippen LogP contribution in [0.25, 0.3) is 0 Å². The summed E-state index contributed by atoms with van der Waals surface area (Å²) in [5, 5.41) is 25.2. The van der Waals surface area contributed by atoms with Crippen molar-refractivity contribution in [2.75, 3.05) is 6.54 Å². The molecule has 3 unspecified atom stereocenters. The maximum Gasteiger partial charge on any atom is 0.408 e. The summed E-state index contributed by atoms with van der Waals surface area (Å²) < 4.78 is 11.1. The maximum atomic E-state index is 14.5. The average Bonchev–Trinajstić information content (AvgIpc) is 3.00. The number of phenolic OH excluding ortho intramolecular Hbond substituents is 1. The Morgan fingerprint density at radius 2 is 1.33 bits per heavy atom. The van der Waals surface area contributed by atoms with E-state index in [1.54, 1.807) is 84.9 Å².